The first-order valence-corrected chi connectivity index (χ1v) is 10.7. The zero-order chi connectivity index (χ0) is 19.1. The molecule has 0 aromatic rings. The number of Topliss-reactive ketones (excluding diaryl/α,β-unsaturated/α-hetero) is 1. The van der Waals surface area contributed by atoms with Crippen molar-refractivity contribution in [3.8, 4) is 0 Å². The highest BCUT2D eigenvalue weighted by Gasteiger charge is 2.56. The van der Waals surface area contributed by atoms with Gasteiger partial charge < -0.3 is 10.2 Å². The van der Waals surface area contributed by atoms with E-state index in [4.69, 9.17) is 0 Å². The average Bonchev–Trinajstić information content (AvgIpc) is 2.92. The molecule has 0 saturated heterocycles. The van der Waals surface area contributed by atoms with Gasteiger partial charge in [0.15, 0.2) is 5.78 Å². The lowest BCUT2D eigenvalue weighted by Crippen LogP contribution is -2.45. The van der Waals surface area contributed by atoms with Crippen LogP contribution in [0.15, 0.2) is 11.1 Å². The highest BCUT2D eigenvalue weighted by atomic mass is 16.3. The van der Waals surface area contributed by atoms with Gasteiger partial charge in [0.2, 0.25) is 0 Å². The number of allylic oxidation sites excluding steroid dienone is 1. The molecule has 6 atom stereocenters. The molecule has 3 aliphatic carbocycles. The molecule has 148 valence electrons. The van der Waals surface area contributed by atoms with Crippen molar-refractivity contribution in [2.24, 2.45) is 29.1 Å². The molecular formula is C23H38O3. The molecular weight excluding hydrogens is 324 g/mol. The summed E-state index contributed by atoms with van der Waals surface area (Å²) in [6.07, 6.45) is 9.41. The normalized spacial score (nSPS) is 39.3. The predicted octanol–water partition coefficient (Wildman–Crippen LogP) is 4.66. The van der Waals surface area contributed by atoms with E-state index in [0.29, 0.717) is 17.8 Å². The maximum Gasteiger partial charge on any atom is 0.161 e. The van der Waals surface area contributed by atoms with Crippen LogP contribution in [0.4, 0.5) is 0 Å². The number of carbonyl (C=O) groups excluding carboxylic acids is 1. The van der Waals surface area contributed by atoms with Gasteiger partial charge in [-0.2, -0.15) is 0 Å². The predicted molar refractivity (Wildman–Crippen MR) is 105 cm³/mol. The van der Waals surface area contributed by atoms with Crippen molar-refractivity contribution in [1.82, 2.24) is 0 Å². The molecule has 0 heterocycles. The second-order valence-electron chi connectivity index (χ2n) is 10.0. The van der Waals surface area contributed by atoms with Crippen molar-refractivity contribution >= 4 is 5.78 Å². The molecule has 0 amide bonds. The Morgan fingerprint density at radius 2 is 2.00 bits per heavy atom. The van der Waals surface area contributed by atoms with E-state index in [1.807, 2.05) is 6.92 Å². The monoisotopic (exact) mass is 362 g/mol. The Morgan fingerprint density at radius 1 is 1.27 bits per heavy atom. The van der Waals surface area contributed by atoms with Gasteiger partial charge in [0, 0.05) is 5.92 Å². The summed E-state index contributed by atoms with van der Waals surface area (Å²) in [5.41, 5.74) is 2.50. The van der Waals surface area contributed by atoms with Crippen molar-refractivity contribution in [3.05, 3.63) is 11.1 Å². The maximum atomic E-state index is 12.3. The van der Waals surface area contributed by atoms with Crippen LogP contribution in [0.3, 0.4) is 0 Å². The molecule has 0 radical (unpaired) electrons. The fourth-order valence-electron chi connectivity index (χ4n) is 6.87. The van der Waals surface area contributed by atoms with Crippen molar-refractivity contribution < 1.29 is 15.0 Å². The third-order valence-corrected chi connectivity index (χ3v) is 8.17. The molecule has 3 aliphatic rings. The standard InChI is InChI=1S/C23H38O3/c1-5-9-22(3,26)13-17-12-16-8-10-23(4)19(18(16)11-15(17)2)6-7-20(23)21(25)14-24/h16,18-20,24,26H,5-14H2,1-4H3/t16-,18-,19+,20-,22+,23+/m1/s1. The summed E-state index contributed by atoms with van der Waals surface area (Å²) in [6, 6.07) is 0. The minimum atomic E-state index is -0.576. The zero-order valence-electron chi connectivity index (χ0n) is 17.2. The molecule has 3 nitrogen and oxygen atoms in total. The van der Waals surface area contributed by atoms with Crippen LogP contribution < -0.4 is 0 Å². The van der Waals surface area contributed by atoms with Crippen LogP contribution in [0.2, 0.25) is 0 Å². The Labute approximate surface area is 159 Å². The third-order valence-electron chi connectivity index (χ3n) is 8.17. The first-order valence-electron chi connectivity index (χ1n) is 10.7. The summed E-state index contributed by atoms with van der Waals surface area (Å²) in [5, 5.41) is 20.1. The van der Waals surface area contributed by atoms with Crippen molar-refractivity contribution in [2.75, 3.05) is 6.61 Å². The van der Waals surface area contributed by atoms with Crippen LogP contribution >= 0.6 is 0 Å². The number of aliphatic hydroxyl groups is 2. The van der Waals surface area contributed by atoms with E-state index in [0.717, 1.165) is 51.4 Å². The zero-order valence-corrected chi connectivity index (χ0v) is 17.2. The van der Waals surface area contributed by atoms with E-state index in [1.165, 1.54) is 17.6 Å². The molecule has 0 spiro atoms. The first kappa shape index (κ1) is 20.1. The van der Waals surface area contributed by atoms with Crippen LogP contribution in [-0.2, 0) is 4.79 Å². The Morgan fingerprint density at radius 3 is 2.65 bits per heavy atom. The van der Waals surface area contributed by atoms with Crippen LogP contribution in [0.25, 0.3) is 0 Å². The molecule has 2 fully saturated rings. The highest BCUT2D eigenvalue weighted by Crippen LogP contribution is 2.62. The number of aliphatic hydroxyl groups excluding tert-OH is 1. The first-order chi connectivity index (χ1) is 12.2. The summed E-state index contributed by atoms with van der Waals surface area (Å²) in [6.45, 7) is 8.42. The minimum absolute atomic E-state index is 0.0628. The lowest BCUT2D eigenvalue weighted by atomic mass is 9.54. The van der Waals surface area contributed by atoms with Gasteiger partial charge in [-0.15, -0.1) is 0 Å². The lowest BCUT2D eigenvalue weighted by molar-refractivity contribution is -0.131. The van der Waals surface area contributed by atoms with E-state index >= 15 is 0 Å². The second kappa shape index (κ2) is 7.39. The molecule has 0 unspecified atom stereocenters. The molecule has 0 aliphatic heterocycles. The second-order valence-corrected chi connectivity index (χ2v) is 10.0. The van der Waals surface area contributed by atoms with Gasteiger partial charge in [-0.3, -0.25) is 4.79 Å². The molecule has 3 heteroatoms. The molecule has 26 heavy (non-hydrogen) atoms. The number of fused-ring (bicyclic) bond motifs is 3. The van der Waals surface area contributed by atoms with Gasteiger partial charge >= 0.3 is 0 Å². The summed E-state index contributed by atoms with van der Waals surface area (Å²) >= 11 is 0. The van der Waals surface area contributed by atoms with Crippen LogP contribution in [0.5, 0.6) is 0 Å². The Hall–Kier alpha value is -0.670. The van der Waals surface area contributed by atoms with E-state index in [-0.39, 0.29) is 23.7 Å². The van der Waals surface area contributed by atoms with Gasteiger partial charge in [-0.1, -0.05) is 31.4 Å². The number of hydrogen-bond donors (Lipinski definition) is 2. The van der Waals surface area contributed by atoms with E-state index < -0.39 is 5.60 Å². The van der Waals surface area contributed by atoms with Crippen LogP contribution in [0.1, 0.15) is 85.5 Å². The van der Waals surface area contributed by atoms with Gasteiger partial charge in [-0.25, -0.2) is 0 Å². The van der Waals surface area contributed by atoms with Gasteiger partial charge in [0.1, 0.15) is 6.61 Å². The number of carbonyl (C=O) groups is 1. The molecule has 0 bridgehead atoms. The topological polar surface area (TPSA) is 57.5 Å². The fraction of sp³-hybridized carbons (Fsp3) is 0.870. The summed E-state index contributed by atoms with van der Waals surface area (Å²) in [7, 11) is 0. The van der Waals surface area contributed by atoms with Crippen molar-refractivity contribution in [3.63, 3.8) is 0 Å². The molecule has 0 aromatic carbocycles. The smallest absolute Gasteiger partial charge is 0.161 e. The van der Waals surface area contributed by atoms with E-state index in [2.05, 4.69) is 20.8 Å². The molecule has 3 rings (SSSR count). The van der Waals surface area contributed by atoms with Gasteiger partial charge in [0.25, 0.3) is 0 Å². The Bertz CT molecular complexity index is 576. The van der Waals surface area contributed by atoms with Gasteiger partial charge in [0.05, 0.1) is 5.60 Å². The lowest BCUT2D eigenvalue weighted by Gasteiger charge is -2.51. The van der Waals surface area contributed by atoms with E-state index in [9.17, 15) is 15.0 Å². The maximum absolute atomic E-state index is 12.3. The molecule has 0 aromatic heterocycles. The Kier molecular flexibility index (Phi) is 5.71. The fourth-order valence-corrected chi connectivity index (χ4v) is 6.87. The SMILES string of the molecule is CCC[C@](C)(O)CC1=C(C)C[C@@H]2[C@H](CC[C@]3(C)[C@@H](C(=O)CO)CC[C@@H]23)C1. The van der Waals surface area contributed by atoms with E-state index in [1.54, 1.807) is 0 Å². The third kappa shape index (κ3) is 3.54. The quantitative estimate of drug-likeness (QED) is 0.676. The average molecular weight is 363 g/mol. The largest absolute Gasteiger partial charge is 0.390 e. The van der Waals surface area contributed by atoms with Gasteiger partial charge in [-0.05, 0) is 88.4 Å². The van der Waals surface area contributed by atoms with Crippen molar-refractivity contribution in [2.45, 2.75) is 91.1 Å². The number of hydrogen-bond acceptors (Lipinski definition) is 3. The minimum Gasteiger partial charge on any atom is -0.390 e. The molecule has 2 N–H and O–H groups in total. The summed E-state index contributed by atoms with van der Waals surface area (Å²) in [5.74, 6) is 2.15. The Balaban J connectivity index is 1.77. The van der Waals surface area contributed by atoms with Crippen molar-refractivity contribution in [1.29, 1.82) is 0 Å². The number of ketones is 1. The van der Waals surface area contributed by atoms with Crippen LogP contribution in [0, 0.1) is 29.1 Å². The van der Waals surface area contributed by atoms with Crippen LogP contribution in [-0.4, -0.2) is 28.2 Å². The highest BCUT2D eigenvalue weighted by molar-refractivity contribution is 5.83. The summed E-state index contributed by atoms with van der Waals surface area (Å²) in [4.78, 5) is 12.3. The number of rotatable bonds is 6. The summed E-state index contributed by atoms with van der Waals surface area (Å²) < 4.78 is 0. The molecule has 2 saturated carbocycles.